The van der Waals surface area contributed by atoms with Crippen molar-refractivity contribution in [3.05, 3.63) is 21.9 Å². The average molecular weight is 330 g/mol. The lowest BCUT2D eigenvalue weighted by Crippen LogP contribution is -2.31. The molecule has 1 aliphatic rings. The third kappa shape index (κ3) is 4.62. The molecule has 1 aliphatic heterocycles. The molecule has 6 nitrogen and oxygen atoms in total. The summed E-state index contributed by atoms with van der Waals surface area (Å²) in [7, 11) is -3.50. The molecule has 1 saturated heterocycles. The highest BCUT2D eigenvalue weighted by Gasteiger charge is 2.28. The second kappa shape index (κ2) is 6.25. The van der Waals surface area contributed by atoms with Crippen molar-refractivity contribution < 1.29 is 18.0 Å². The van der Waals surface area contributed by atoms with E-state index in [4.69, 9.17) is 5.14 Å². The van der Waals surface area contributed by atoms with Gasteiger partial charge in [0.25, 0.3) is 0 Å². The zero-order valence-electron chi connectivity index (χ0n) is 11.7. The van der Waals surface area contributed by atoms with Gasteiger partial charge in [0, 0.05) is 13.1 Å². The highest BCUT2D eigenvalue weighted by molar-refractivity contribution is 7.89. The quantitative estimate of drug-likeness (QED) is 0.801. The van der Waals surface area contributed by atoms with Crippen LogP contribution >= 0.6 is 11.3 Å². The highest BCUT2D eigenvalue weighted by atomic mass is 32.2. The molecule has 2 heterocycles. The Morgan fingerprint density at radius 1 is 1.48 bits per heavy atom. The molecule has 1 amide bonds. The molecule has 2 rings (SSSR count). The first-order chi connectivity index (χ1) is 9.74. The Morgan fingerprint density at radius 3 is 2.76 bits per heavy atom. The van der Waals surface area contributed by atoms with Crippen molar-refractivity contribution >= 4 is 33.1 Å². The van der Waals surface area contributed by atoms with Crippen molar-refractivity contribution in [3.63, 3.8) is 0 Å². The molecule has 1 aromatic heterocycles. The van der Waals surface area contributed by atoms with Gasteiger partial charge in [0.1, 0.15) is 0 Å². The summed E-state index contributed by atoms with van der Waals surface area (Å²) < 4.78 is 22.1. The van der Waals surface area contributed by atoms with Crippen LogP contribution < -0.4 is 5.14 Å². The number of thiophene rings is 1. The van der Waals surface area contributed by atoms with Crippen LogP contribution in [0.15, 0.2) is 11.4 Å². The number of likely N-dealkylation sites (tertiary alicyclic amines) is 1. The molecular weight excluding hydrogens is 312 g/mol. The van der Waals surface area contributed by atoms with Crippen LogP contribution in [-0.2, 0) is 21.2 Å². The van der Waals surface area contributed by atoms with E-state index >= 15 is 0 Å². The molecule has 1 fully saturated rings. The molecule has 0 unspecified atom stereocenters. The van der Waals surface area contributed by atoms with Gasteiger partial charge in [0.15, 0.2) is 5.78 Å². The van der Waals surface area contributed by atoms with Crippen LogP contribution in [0, 0.1) is 5.92 Å². The molecule has 116 valence electrons. The van der Waals surface area contributed by atoms with Crippen LogP contribution in [0.5, 0.6) is 0 Å². The maximum absolute atomic E-state index is 12.2. The second-order valence-corrected chi connectivity index (χ2v) is 7.95. The van der Waals surface area contributed by atoms with Gasteiger partial charge in [0.05, 0.1) is 17.1 Å². The molecule has 0 aromatic carbocycles. The lowest BCUT2D eigenvalue weighted by atomic mass is 10.1. The Kier molecular flexibility index (Phi) is 4.80. The number of sulfonamides is 1. The van der Waals surface area contributed by atoms with E-state index < -0.39 is 10.0 Å². The second-order valence-electron chi connectivity index (χ2n) is 5.38. The normalized spacial score (nSPS) is 19.0. The molecule has 0 aliphatic carbocycles. The summed E-state index contributed by atoms with van der Waals surface area (Å²) >= 11 is 1.33. The molecule has 0 bridgehead atoms. The molecular formula is C13H18N2O4S2. The third-order valence-electron chi connectivity index (χ3n) is 3.46. The maximum Gasteiger partial charge on any atom is 0.227 e. The third-order valence-corrected chi connectivity index (χ3v) is 5.48. The van der Waals surface area contributed by atoms with Crippen molar-refractivity contribution in [2.45, 2.75) is 19.8 Å². The maximum atomic E-state index is 12.2. The standard InChI is InChI=1S/C13H18N2O4S2/c1-9(16)12-4-11(7-20-12)5-13(17)15-3-2-10(6-15)8-21(14,18)19/h4,7,10H,2-3,5-6,8H2,1H3,(H2,14,18,19)/t10-/m0/s1. The fourth-order valence-corrected chi connectivity index (χ4v) is 4.21. The summed E-state index contributed by atoms with van der Waals surface area (Å²) in [5, 5.41) is 6.84. The zero-order chi connectivity index (χ0) is 15.6. The fraction of sp³-hybridized carbons (Fsp3) is 0.538. The van der Waals surface area contributed by atoms with E-state index in [-0.39, 0.29) is 29.8 Å². The number of Topliss-reactive ketones (excluding diaryl/α,β-unsaturated/α-hetero) is 1. The number of hydrogen-bond acceptors (Lipinski definition) is 5. The molecule has 0 saturated carbocycles. The van der Waals surface area contributed by atoms with Crippen LogP contribution in [-0.4, -0.2) is 43.9 Å². The Morgan fingerprint density at radius 2 is 2.19 bits per heavy atom. The van der Waals surface area contributed by atoms with Crippen LogP contribution in [0.1, 0.15) is 28.6 Å². The topological polar surface area (TPSA) is 97.5 Å². The first-order valence-electron chi connectivity index (χ1n) is 6.61. The van der Waals surface area contributed by atoms with Crippen molar-refractivity contribution in [1.82, 2.24) is 4.90 Å². The minimum Gasteiger partial charge on any atom is -0.342 e. The monoisotopic (exact) mass is 330 g/mol. The molecule has 1 aromatic rings. The summed E-state index contributed by atoms with van der Waals surface area (Å²) in [4.78, 5) is 25.7. The van der Waals surface area contributed by atoms with E-state index in [0.717, 1.165) is 5.56 Å². The van der Waals surface area contributed by atoms with Gasteiger partial charge in [-0.25, -0.2) is 13.6 Å². The Bertz CT molecular complexity index is 651. The smallest absolute Gasteiger partial charge is 0.227 e. The first-order valence-corrected chi connectivity index (χ1v) is 9.20. The lowest BCUT2D eigenvalue weighted by molar-refractivity contribution is -0.129. The van der Waals surface area contributed by atoms with E-state index in [0.29, 0.717) is 24.4 Å². The number of rotatable bonds is 5. The van der Waals surface area contributed by atoms with E-state index in [1.165, 1.54) is 18.3 Å². The number of carbonyl (C=O) groups excluding carboxylic acids is 2. The van der Waals surface area contributed by atoms with Gasteiger partial charge in [-0.1, -0.05) is 0 Å². The highest BCUT2D eigenvalue weighted by Crippen LogP contribution is 2.20. The number of hydrogen-bond donors (Lipinski definition) is 1. The summed E-state index contributed by atoms with van der Waals surface area (Å²) in [6.45, 7) is 2.48. The number of carbonyl (C=O) groups is 2. The van der Waals surface area contributed by atoms with Gasteiger partial charge < -0.3 is 4.90 Å². The van der Waals surface area contributed by atoms with Crippen molar-refractivity contribution in [2.75, 3.05) is 18.8 Å². The summed E-state index contributed by atoms with van der Waals surface area (Å²) in [6.07, 6.45) is 0.899. The van der Waals surface area contributed by atoms with Gasteiger partial charge in [-0.2, -0.15) is 0 Å². The van der Waals surface area contributed by atoms with Crippen LogP contribution in [0.3, 0.4) is 0 Å². The van der Waals surface area contributed by atoms with Gasteiger partial charge in [-0.15, -0.1) is 11.3 Å². The van der Waals surface area contributed by atoms with Gasteiger partial charge >= 0.3 is 0 Å². The average Bonchev–Trinajstić information content (AvgIpc) is 2.96. The summed E-state index contributed by atoms with van der Waals surface area (Å²) in [6, 6.07) is 1.74. The minimum atomic E-state index is -3.50. The number of ketones is 1. The molecule has 21 heavy (non-hydrogen) atoms. The van der Waals surface area contributed by atoms with Crippen LogP contribution in [0.2, 0.25) is 0 Å². The van der Waals surface area contributed by atoms with E-state index in [1.54, 1.807) is 11.0 Å². The van der Waals surface area contributed by atoms with Gasteiger partial charge in [-0.3, -0.25) is 9.59 Å². The van der Waals surface area contributed by atoms with Crippen molar-refractivity contribution in [3.8, 4) is 0 Å². The van der Waals surface area contributed by atoms with Gasteiger partial charge in [-0.05, 0) is 36.3 Å². The van der Waals surface area contributed by atoms with E-state index in [2.05, 4.69) is 0 Å². The van der Waals surface area contributed by atoms with E-state index in [1.807, 2.05) is 5.38 Å². The van der Waals surface area contributed by atoms with Gasteiger partial charge in [0.2, 0.25) is 15.9 Å². The predicted molar refractivity (Wildman–Crippen MR) is 80.7 cm³/mol. The molecule has 0 spiro atoms. The predicted octanol–water partition coefficient (Wildman–Crippen LogP) is 0.630. The lowest BCUT2D eigenvalue weighted by Gasteiger charge is -2.16. The number of nitrogens with two attached hydrogens (primary N) is 1. The summed E-state index contributed by atoms with van der Waals surface area (Å²) in [5.41, 5.74) is 0.824. The van der Waals surface area contributed by atoms with Crippen LogP contribution in [0.25, 0.3) is 0 Å². The molecule has 0 radical (unpaired) electrons. The van der Waals surface area contributed by atoms with Crippen molar-refractivity contribution in [2.24, 2.45) is 11.1 Å². The Hall–Kier alpha value is -1.25. The molecule has 2 N–H and O–H groups in total. The fourth-order valence-electron chi connectivity index (χ4n) is 2.46. The van der Waals surface area contributed by atoms with Crippen LogP contribution in [0.4, 0.5) is 0 Å². The molecule has 8 heteroatoms. The summed E-state index contributed by atoms with van der Waals surface area (Å²) in [5.74, 6) is -0.212. The minimum absolute atomic E-state index is 0.00640. The van der Waals surface area contributed by atoms with E-state index in [9.17, 15) is 18.0 Å². The number of amides is 1. The Balaban J connectivity index is 1.91. The Labute approximate surface area is 128 Å². The van der Waals surface area contributed by atoms with Crippen molar-refractivity contribution in [1.29, 1.82) is 0 Å². The SMILES string of the molecule is CC(=O)c1cc(CC(=O)N2CC[C@H](CS(N)(=O)=O)C2)cs1. The number of primary sulfonamides is 1. The first kappa shape index (κ1) is 16.1. The molecule has 1 atom stereocenters. The largest absolute Gasteiger partial charge is 0.342 e. The number of nitrogens with zero attached hydrogens (tertiary/aromatic N) is 1. The zero-order valence-corrected chi connectivity index (χ0v) is 13.4.